The van der Waals surface area contributed by atoms with Gasteiger partial charge in [-0.25, -0.2) is 0 Å². The van der Waals surface area contributed by atoms with Gasteiger partial charge in [-0.15, -0.1) is 0 Å². The van der Waals surface area contributed by atoms with Crippen molar-refractivity contribution in [3.8, 4) is 0 Å². The van der Waals surface area contributed by atoms with Gasteiger partial charge in [0.15, 0.2) is 0 Å². The minimum Gasteiger partial charge on any atom is -0.362 e. The third-order valence-corrected chi connectivity index (χ3v) is 1.37. The first kappa shape index (κ1) is 13.9. The van der Waals surface area contributed by atoms with Crippen molar-refractivity contribution in [3.63, 3.8) is 0 Å². The molecule has 0 aromatic heterocycles. The molecule has 0 spiro atoms. The van der Waals surface area contributed by atoms with Gasteiger partial charge in [0.05, 0.1) is 0 Å². The lowest BCUT2D eigenvalue weighted by Gasteiger charge is -2.10. The first-order chi connectivity index (χ1) is 6.91. The fraction of sp³-hybridized carbons (Fsp3) is 0.800. The van der Waals surface area contributed by atoms with Gasteiger partial charge < -0.3 is 15.4 Å². The van der Waals surface area contributed by atoms with Crippen LogP contribution in [0.2, 0.25) is 0 Å². The van der Waals surface area contributed by atoms with Crippen LogP contribution < -0.4 is 10.6 Å². The summed E-state index contributed by atoms with van der Waals surface area (Å²) in [6.45, 7) is 7.30. The number of carbonyl (C=O) groups is 2. The number of hydrogen-bond donors (Lipinski definition) is 2. The van der Waals surface area contributed by atoms with E-state index in [1.807, 2.05) is 27.7 Å². The predicted octanol–water partition coefficient (Wildman–Crippen LogP) is 0.0522. The van der Waals surface area contributed by atoms with Gasteiger partial charge in [0.2, 0.25) is 11.8 Å². The lowest BCUT2D eigenvalue weighted by molar-refractivity contribution is -0.131. The van der Waals surface area contributed by atoms with Crippen molar-refractivity contribution in [2.45, 2.75) is 39.8 Å². The van der Waals surface area contributed by atoms with Crippen LogP contribution in [-0.4, -0.2) is 37.1 Å². The second-order valence-electron chi connectivity index (χ2n) is 3.94. The lowest BCUT2D eigenvalue weighted by atomic mass is 10.4. The average molecular weight is 216 g/mol. The van der Waals surface area contributed by atoms with Crippen molar-refractivity contribution < 1.29 is 14.3 Å². The second-order valence-corrected chi connectivity index (χ2v) is 3.94. The average Bonchev–Trinajstić information content (AvgIpc) is 2.00. The highest BCUT2D eigenvalue weighted by Gasteiger charge is 2.06. The zero-order valence-corrected chi connectivity index (χ0v) is 9.79. The first-order valence-corrected chi connectivity index (χ1v) is 5.08. The van der Waals surface area contributed by atoms with Crippen molar-refractivity contribution in [2.24, 2.45) is 0 Å². The molecule has 0 aliphatic heterocycles. The van der Waals surface area contributed by atoms with Crippen molar-refractivity contribution in [1.29, 1.82) is 0 Å². The molecule has 0 radical (unpaired) electrons. The zero-order chi connectivity index (χ0) is 11.8. The van der Waals surface area contributed by atoms with Gasteiger partial charge in [0, 0.05) is 12.1 Å². The molecular weight excluding hydrogens is 196 g/mol. The maximum atomic E-state index is 11.1. The van der Waals surface area contributed by atoms with Crippen LogP contribution in [0.1, 0.15) is 27.7 Å². The van der Waals surface area contributed by atoms with E-state index in [2.05, 4.69) is 10.6 Å². The number of carbonyl (C=O) groups excluding carboxylic acids is 2. The number of ether oxygens (including phenoxy) is 1. The van der Waals surface area contributed by atoms with Gasteiger partial charge in [-0.2, -0.15) is 0 Å². The molecule has 0 aromatic rings. The Kier molecular flexibility index (Phi) is 6.70. The molecule has 0 saturated heterocycles. The van der Waals surface area contributed by atoms with Crippen LogP contribution in [-0.2, 0) is 14.3 Å². The molecule has 0 aromatic carbocycles. The molecule has 0 fully saturated rings. The summed E-state index contributed by atoms with van der Waals surface area (Å²) in [5, 5.41) is 5.32. The first-order valence-electron chi connectivity index (χ1n) is 5.08. The Balaban J connectivity index is 3.53. The predicted molar refractivity (Wildman–Crippen MR) is 57.4 cm³/mol. The van der Waals surface area contributed by atoms with Crippen molar-refractivity contribution in [3.05, 3.63) is 0 Å². The Labute approximate surface area is 90.6 Å². The maximum absolute atomic E-state index is 11.1. The van der Waals surface area contributed by atoms with E-state index in [-0.39, 0.29) is 37.1 Å². The largest absolute Gasteiger partial charge is 0.362 e. The van der Waals surface area contributed by atoms with E-state index in [0.717, 1.165) is 0 Å². The van der Waals surface area contributed by atoms with Crippen molar-refractivity contribution in [1.82, 2.24) is 10.6 Å². The third kappa shape index (κ3) is 9.21. The van der Waals surface area contributed by atoms with Crippen LogP contribution in [0.5, 0.6) is 0 Å². The zero-order valence-electron chi connectivity index (χ0n) is 9.79. The van der Waals surface area contributed by atoms with Crippen LogP contribution >= 0.6 is 0 Å². The van der Waals surface area contributed by atoms with Crippen LogP contribution in [0.15, 0.2) is 0 Å². The minimum absolute atomic E-state index is 0.0797. The van der Waals surface area contributed by atoms with Crippen LogP contribution in [0.4, 0.5) is 0 Å². The van der Waals surface area contributed by atoms with E-state index in [0.29, 0.717) is 0 Å². The summed E-state index contributed by atoms with van der Waals surface area (Å²) in [6.07, 6.45) is 0. The Morgan fingerprint density at radius 3 is 1.53 bits per heavy atom. The van der Waals surface area contributed by atoms with Gasteiger partial charge in [-0.05, 0) is 27.7 Å². The molecule has 0 bridgehead atoms. The summed E-state index contributed by atoms with van der Waals surface area (Å²) in [5.41, 5.74) is 0. The fourth-order valence-corrected chi connectivity index (χ4v) is 0.964. The highest BCUT2D eigenvalue weighted by molar-refractivity contribution is 5.79. The van der Waals surface area contributed by atoms with Gasteiger partial charge in [-0.1, -0.05) is 0 Å². The maximum Gasteiger partial charge on any atom is 0.246 e. The second kappa shape index (κ2) is 7.23. The van der Waals surface area contributed by atoms with Crippen LogP contribution in [0.3, 0.4) is 0 Å². The quantitative estimate of drug-likeness (QED) is 0.659. The SMILES string of the molecule is CC(C)NC(=O)COCC(=O)NC(C)C. The summed E-state index contributed by atoms with van der Waals surface area (Å²) < 4.78 is 4.93. The number of hydrogen-bond acceptors (Lipinski definition) is 3. The number of rotatable bonds is 6. The van der Waals surface area contributed by atoms with E-state index >= 15 is 0 Å². The van der Waals surface area contributed by atoms with E-state index in [4.69, 9.17) is 4.74 Å². The molecule has 0 atom stereocenters. The summed E-state index contributed by atoms with van der Waals surface area (Å²) >= 11 is 0. The molecule has 5 nitrogen and oxygen atoms in total. The van der Waals surface area contributed by atoms with E-state index in [1.165, 1.54) is 0 Å². The fourth-order valence-electron chi connectivity index (χ4n) is 0.964. The molecular formula is C10H20N2O3. The molecule has 88 valence electrons. The van der Waals surface area contributed by atoms with Gasteiger partial charge in [0.25, 0.3) is 0 Å². The normalized spacial score (nSPS) is 10.5. The number of nitrogens with one attached hydrogen (secondary N) is 2. The molecule has 0 unspecified atom stereocenters. The topological polar surface area (TPSA) is 67.4 Å². The number of amides is 2. The standard InChI is InChI=1S/C10H20N2O3/c1-7(2)11-9(13)5-15-6-10(14)12-8(3)4/h7-8H,5-6H2,1-4H3,(H,11,13)(H,12,14). The Hall–Kier alpha value is -1.10. The highest BCUT2D eigenvalue weighted by Crippen LogP contribution is 1.82. The Morgan fingerprint density at radius 2 is 1.27 bits per heavy atom. The lowest BCUT2D eigenvalue weighted by Crippen LogP contribution is -2.36. The molecule has 0 aliphatic rings. The monoisotopic (exact) mass is 216 g/mol. The minimum atomic E-state index is -0.206. The summed E-state index contributed by atoms with van der Waals surface area (Å²) in [5.74, 6) is -0.412. The van der Waals surface area contributed by atoms with Gasteiger partial charge in [0.1, 0.15) is 13.2 Å². The molecule has 0 aliphatic carbocycles. The molecule has 5 heteroatoms. The van der Waals surface area contributed by atoms with Crippen molar-refractivity contribution in [2.75, 3.05) is 13.2 Å². The molecule has 2 amide bonds. The van der Waals surface area contributed by atoms with Crippen molar-refractivity contribution >= 4 is 11.8 Å². The molecule has 0 rings (SSSR count). The van der Waals surface area contributed by atoms with Crippen LogP contribution in [0.25, 0.3) is 0 Å². The summed E-state index contributed by atoms with van der Waals surface area (Å²) in [6, 6.07) is 0.177. The Morgan fingerprint density at radius 1 is 0.933 bits per heavy atom. The van der Waals surface area contributed by atoms with E-state index in [1.54, 1.807) is 0 Å². The van der Waals surface area contributed by atoms with Gasteiger partial charge in [-0.3, -0.25) is 9.59 Å². The van der Waals surface area contributed by atoms with E-state index < -0.39 is 0 Å². The molecule has 15 heavy (non-hydrogen) atoms. The highest BCUT2D eigenvalue weighted by atomic mass is 16.5. The van der Waals surface area contributed by atoms with E-state index in [9.17, 15) is 9.59 Å². The molecule has 2 N–H and O–H groups in total. The molecule has 0 saturated carbocycles. The third-order valence-electron chi connectivity index (χ3n) is 1.37. The summed E-state index contributed by atoms with van der Waals surface area (Å²) in [4.78, 5) is 22.2. The molecule has 0 heterocycles. The van der Waals surface area contributed by atoms with Crippen LogP contribution in [0, 0.1) is 0 Å². The summed E-state index contributed by atoms with van der Waals surface area (Å²) in [7, 11) is 0. The van der Waals surface area contributed by atoms with Gasteiger partial charge >= 0.3 is 0 Å². The Bertz CT molecular complexity index is 193. The smallest absolute Gasteiger partial charge is 0.246 e.